The minimum atomic E-state index is -0.856. The van der Waals surface area contributed by atoms with Crippen LogP contribution in [-0.4, -0.2) is 37.0 Å². The predicted octanol–water partition coefficient (Wildman–Crippen LogP) is 2.84. The fraction of sp³-hybridized carbons (Fsp3) is 0.579. The first-order valence-corrected chi connectivity index (χ1v) is 8.62. The smallest absolute Gasteiger partial charge is 0.305 e. The van der Waals surface area contributed by atoms with Crippen molar-refractivity contribution in [1.82, 2.24) is 0 Å². The third-order valence-electron chi connectivity index (χ3n) is 4.17. The number of hydrogen-bond donors (Lipinski definition) is 0. The maximum Gasteiger partial charge on any atom is 0.305 e. The highest BCUT2D eigenvalue weighted by Gasteiger charge is 2.47. The number of rotatable bonds is 8. The second kappa shape index (κ2) is 9.53. The Kier molecular flexibility index (Phi) is 7.40. The quantitative estimate of drug-likeness (QED) is 0.530. The second-order valence-corrected chi connectivity index (χ2v) is 6.13. The van der Waals surface area contributed by atoms with Crippen LogP contribution in [0.3, 0.4) is 0 Å². The van der Waals surface area contributed by atoms with Crippen molar-refractivity contribution in [2.75, 3.05) is 6.61 Å². The molecule has 0 aromatic heterocycles. The van der Waals surface area contributed by atoms with E-state index in [1.54, 1.807) is 0 Å². The molecule has 0 radical (unpaired) electrons. The molecule has 25 heavy (non-hydrogen) atoms. The van der Waals surface area contributed by atoms with Crippen LogP contribution in [0.5, 0.6) is 0 Å². The Morgan fingerprint density at radius 3 is 2.36 bits per heavy atom. The Balaban J connectivity index is 1.93. The lowest BCUT2D eigenvalue weighted by Crippen LogP contribution is -2.35. The molecule has 6 heteroatoms. The Morgan fingerprint density at radius 2 is 1.76 bits per heavy atom. The number of carbonyl (C=O) groups is 2. The minimum Gasteiger partial charge on any atom is -0.455 e. The van der Waals surface area contributed by atoms with Crippen molar-refractivity contribution in [1.29, 1.82) is 0 Å². The minimum absolute atomic E-state index is 0.0750. The van der Waals surface area contributed by atoms with Crippen molar-refractivity contribution in [2.24, 2.45) is 5.92 Å². The van der Waals surface area contributed by atoms with Crippen LogP contribution in [-0.2, 0) is 35.1 Å². The van der Waals surface area contributed by atoms with Crippen LogP contribution < -0.4 is 0 Å². The molecule has 1 heterocycles. The molecule has 1 aromatic rings. The molecule has 1 aliphatic heterocycles. The van der Waals surface area contributed by atoms with Gasteiger partial charge in [0, 0.05) is 26.4 Å². The Morgan fingerprint density at radius 1 is 1.08 bits per heavy atom. The van der Waals surface area contributed by atoms with Gasteiger partial charge in [0.2, 0.25) is 6.29 Å². The summed E-state index contributed by atoms with van der Waals surface area (Å²) in [5.41, 5.74) is 1.10. The van der Waals surface area contributed by atoms with E-state index in [9.17, 15) is 9.59 Å². The van der Waals surface area contributed by atoms with Crippen molar-refractivity contribution in [3.63, 3.8) is 0 Å². The van der Waals surface area contributed by atoms with Gasteiger partial charge in [-0.2, -0.15) is 0 Å². The number of esters is 2. The van der Waals surface area contributed by atoms with Crippen LogP contribution >= 0.6 is 0 Å². The van der Waals surface area contributed by atoms with Gasteiger partial charge < -0.3 is 18.9 Å². The summed E-state index contributed by atoms with van der Waals surface area (Å²) in [4.78, 5) is 22.7. The highest BCUT2D eigenvalue weighted by molar-refractivity contribution is 5.67. The molecule has 138 valence electrons. The van der Waals surface area contributed by atoms with E-state index in [0.29, 0.717) is 19.6 Å². The first kappa shape index (κ1) is 19.4. The highest BCUT2D eigenvalue weighted by atomic mass is 16.7. The molecule has 0 saturated carbocycles. The van der Waals surface area contributed by atoms with E-state index in [2.05, 4.69) is 0 Å². The summed E-state index contributed by atoms with van der Waals surface area (Å²) < 4.78 is 22.1. The molecule has 4 atom stereocenters. The lowest BCUT2D eigenvalue weighted by atomic mass is 9.93. The summed E-state index contributed by atoms with van der Waals surface area (Å²) in [6.45, 7) is 5.67. The summed E-state index contributed by atoms with van der Waals surface area (Å²) in [6, 6.07) is 9.91. The summed E-state index contributed by atoms with van der Waals surface area (Å²) in [5.74, 6) is -0.954. The first-order chi connectivity index (χ1) is 12.0. The maximum absolute atomic E-state index is 11.4. The van der Waals surface area contributed by atoms with Crippen molar-refractivity contribution in [2.45, 2.75) is 58.7 Å². The molecule has 0 spiro atoms. The van der Waals surface area contributed by atoms with Gasteiger partial charge in [0.1, 0.15) is 0 Å². The van der Waals surface area contributed by atoms with Crippen molar-refractivity contribution < 1.29 is 28.5 Å². The van der Waals surface area contributed by atoms with Gasteiger partial charge in [-0.3, -0.25) is 9.59 Å². The van der Waals surface area contributed by atoms with Gasteiger partial charge in [-0.1, -0.05) is 37.3 Å². The van der Waals surface area contributed by atoms with Crippen molar-refractivity contribution in [3.05, 3.63) is 35.9 Å². The summed E-state index contributed by atoms with van der Waals surface area (Å²) in [6.07, 6.45) is -0.217. The molecule has 2 unspecified atom stereocenters. The average molecular weight is 350 g/mol. The molecule has 0 amide bonds. The summed E-state index contributed by atoms with van der Waals surface area (Å²) in [5, 5.41) is 0. The fourth-order valence-electron chi connectivity index (χ4n) is 3.09. The van der Waals surface area contributed by atoms with Crippen molar-refractivity contribution >= 4 is 11.9 Å². The average Bonchev–Trinajstić information content (AvgIpc) is 2.88. The Hall–Kier alpha value is -1.92. The normalized spacial score (nSPS) is 25.6. The van der Waals surface area contributed by atoms with Crippen LogP contribution in [0, 0.1) is 5.92 Å². The fourth-order valence-corrected chi connectivity index (χ4v) is 3.09. The molecule has 2 rings (SSSR count). The topological polar surface area (TPSA) is 71.1 Å². The van der Waals surface area contributed by atoms with E-state index in [1.165, 1.54) is 13.8 Å². The zero-order valence-corrected chi connectivity index (χ0v) is 15.0. The molecule has 0 N–H and O–H groups in total. The van der Waals surface area contributed by atoms with E-state index >= 15 is 0 Å². The van der Waals surface area contributed by atoms with E-state index in [0.717, 1.165) is 12.0 Å². The zero-order chi connectivity index (χ0) is 18.2. The SMILES string of the molecule is CC[C@H]1OC(OC(C)=O)C(OC(C)=O)[C@H]1CCOCc1ccccc1. The first-order valence-electron chi connectivity index (χ1n) is 8.62. The standard InChI is InChI=1S/C19H26O6/c1-4-17-16(10-11-22-12-15-8-6-5-7-9-15)18(23-13(2)20)19(25-17)24-14(3)21/h5-9,16-19H,4,10-12H2,1-3H3/t16-,17+,18?,19?/m0/s1. The molecule has 1 aromatic carbocycles. The van der Waals surface area contributed by atoms with Crippen molar-refractivity contribution in [3.8, 4) is 0 Å². The maximum atomic E-state index is 11.4. The van der Waals surface area contributed by atoms with E-state index in [-0.39, 0.29) is 12.0 Å². The Bertz CT molecular complexity index is 558. The molecular weight excluding hydrogens is 324 g/mol. The highest BCUT2D eigenvalue weighted by Crippen LogP contribution is 2.34. The van der Waals surface area contributed by atoms with E-state index < -0.39 is 24.3 Å². The van der Waals surface area contributed by atoms with Crippen LogP contribution in [0.1, 0.15) is 39.2 Å². The lowest BCUT2D eigenvalue weighted by Gasteiger charge is -2.23. The molecular formula is C19H26O6. The van der Waals surface area contributed by atoms with Gasteiger partial charge in [0.25, 0.3) is 0 Å². The molecule has 0 aliphatic carbocycles. The number of carbonyl (C=O) groups excluding carboxylic acids is 2. The molecule has 6 nitrogen and oxygen atoms in total. The Labute approximate surface area is 148 Å². The van der Waals surface area contributed by atoms with Gasteiger partial charge in [-0.25, -0.2) is 0 Å². The van der Waals surface area contributed by atoms with Gasteiger partial charge in [0.15, 0.2) is 6.10 Å². The summed E-state index contributed by atoms with van der Waals surface area (Å²) >= 11 is 0. The largest absolute Gasteiger partial charge is 0.455 e. The van der Waals surface area contributed by atoms with Crippen LogP contribution in [0.25, 0.3) is 0 Å². The van der Waals surface area contributed by atoms with Gasteiger partial charge >= 0.3 is 11.9 Å². The third-order valence-corrected chi connectivity index (χ3v) is 4.17. The second-order valence-electron chi connectivity index (χ2n) is 6.13. The third kappa shape index (κ3) is 5.83. The predicted molar refractivity (Wildman–Crippen MR) is 90.5 cm³/mol. The van der Waals surface area contributed by atoms with Gasteiger partial charge in [-0.05, 0) is 18.4 Å². The number of benzene rings is 1. The van der Waals surface area contributed by atoms with Crippen LogP contribution in [0.4, 0.5) is 0 Å². The van der Waals surface area contributed by atoms with Gasteiger partial charge in [-0.15, -0.1) is 0 Å². The zero-order valence-electron chi connectivity index (χ0n) is 15.0. The lowest BCUT2D eigenvalue weighted by molar-refractivity contribution is -0.194. The molecule has 1 fully saturated rings. The van der Waals surface area contributed by atoms with E-state index in [1.807, 2.05) is 37.3 Å². The molecule has 1 aliphatic rings. The van der Waals surface area contributed by atoms with Crippen LogP contribution in [0.2, 0.25) is 0 Å². The number of ether oxygens (including phenoxy) is 4. The van der Waals surface area contributed by atoms with E-state index in [4.69, 9.17) is 18.9 Å². The number of hydrogen-bond acceptors (Lipinski definition) is 6. The molecule has 1 saturated heterocycles. The van der Waals surface area contributed by atoms with Gasteiger partial charge in [0.05, 0.1) is 12.7 Å². The monoisotopic (exact) mass is 350 g/mol. The molecule has 0 bridgehead atoms. The summed E-state index contributed by atoms with van der Waals surface area (Å²) in [7, 11) is 0. The van der Waals surface area contributed by atoms with Crippen LogP contribution in [0.15, 0.2) is 30.3 Å².